The Balaban J connectivity index is 2.18. The molecular formula is C19H22FNO4S. The number of hydrogen-bond donors (Lipinski definition) is 3. The Morgan fingerprint density at radius 2 is 2.00 bits per heavy atom. The van der Waals surface area contributed by atoms with E-state index in [2.05, 4.69) is 0 Å². The molecule has 1 heterocycles. The standard InChI is InChI=1S/C19H22FNO4S/c1-4-14-15(19(22)23)6-7-16(18(14)20)21-12(3)10-13-9-11(2)5-8-17(13)26(21,24)25/h5-9,12,24-25H,4,10H2,1-3H3,(H,22,23). The second kappa shape index (κ2) is 6.57. The second-order valence-corrected chi connectivity index (χ2v) is 8.46. The van der Waals surface area contributed by atoms with E-state index in [1.807, 2.05) is 13.0 Å². The zero-order valence-electron chi connectivity index (χ0n) is 14.9. The Morgan fingerprint density at radius 3 is 2.62 bits per heavy atom. The maximum Gasteiger partial charge on any atom is 0.336 e. The van der Waals surface area contributed by atoms with Gasteiger partial charge in [0.1, 0.15) is 0 Å². The van der Waals surface area contributed by atoms with Gasteiger partial charge in [-0.3, -0.25) is 13.4 Å². The molecule has 0 saturated carbocycles. The molecule has 1 aliphatic heterocycles. The van der Waals surface area contributed by atoms with Gasteiger partial charge in [0.25, 0.3) is 0 Å². The summed E-state index contributed by atoms with van der Waals surface area (Å²) in [7, 11) is -3.44. The predicted molar refractivity (Wildman–Crippen MR) is 101 cm³/mol. The maximum absolute atomic E-state index is 15.1. The fourth-order valence-corrected chi connectivity index (χ4v) is 5.54. The van der Waals surface area contributed by atoms with Crippen LogP contribution in [0.1, 0.15) is 40.9 Å². The predicted octanol–water partition coefficient (Wildman–Crippen LogP) is 4.87. The molecular weight excluding hydrogens is 357 g/mol. The van der Waals surface area contributed by atoms with Gasteiger partial charge >= 0.3 is 5.97 Å². The van der Waals surface area contributed by atoms with Crippen molar-refractivity contribution in [3.8, 4) is 0 Å². The molecule has 140 valence electrons. The van der Waals surface area contributed by atoms with Gasteiger partial charge in [-0.25, -0.2) is 9.18 Å². The minimum atomic E-state index is -3.44. The summed E-state index contributed by atoms with van der Waals surface area (Å²) >= 11 is 0. The Bertz CT molecular complexity index is 884. The largest absolute Gasteiger partial charge is 0.478 e. The summed E-state index contributed by atoms with van der Waals surface area (Å²) in [5.41, 5.74) is 1.83. The second-order valence-electron chi connectivity index (χ2n) is 6.59. The molecule has 0 amide bonds. The molecule has 0 aromatic heterocycles. The van der Waals surface area contributed by atoms with Gasteiger partial charge in [0, 0.05) is 5.56 Å². The number of anilines is 1. The number of hydrogen-bond acceptors (Lipinski definition) is 4. The van der Waals surface area contributed by atoms with E-state index in [1.165, 1.54) is 16.4 Å². The molecule has 0 bridgehead atoms. The number of fused-ring (bicyclic) bond motifs is 1. The fourth-order valence-electron chi connectivity index (χ4n) is 3.59. The summed E-state index contributed by atoms with van der Waals surface area (Å²) in [6, 6.07) is 7.67. The van der Waals surface area contributed by atoms with Gasteiger partial charge in [0.05, 0.1) is 22.2 Å². The number of aryl methyl sites for hydroxylation is 1. The Kier molecular flexibility index (Phi) is 4.72. The van der Waals surface area contributed by atoms with Gasteiger partial charge in [-0.1, -0.05) is 35.4 Å². The minimum Gasteiger partial charge on any atom is -0.478 e. The smallest absolute Gasteiger partial charge is 0.336 e. The lowest BCUT2D eigenvalue weighted by Crippen LogP contribution is -2.41. The molecule has 1 atom stereocenters. The van der Waals surface area contributed by atoms with E-state index in [1.54, 1.807) is 26.0 Å². The highest BCUT2D eigenvalue weighted by atomic mass is 32.3. The number of halogens is 1. The molecule has 7 heteroatoms. The van der Waals surface area contributed by atoms with Crippen LogP contribution < -0.4 is 4.31 Å². The van der Waals surface area contributed by atoms with Gasteiger partial charge in [0.15, 0.2) is 5.82 Å². The Morgan fingerprint density at radius 1 is 1.31 bits per heavy atom. The number of carbonyl (C=O) groups is 1. The third-order valence-electron chi connectivity index (χ3n) is 4.75. The van der Waals surface area contributed by atoms with Gasteiger partial charge in [-0.05, 0) is 50.5 Å². The van der Waals surface area contributed by atoms with Crippen LogP contribution in [-0.2, 0) is 12.8 Å². The van der Waals surface area contributed by atoms with Crippen LogP contribution >= 0.6 is 10.8 Å². The molecule has 0 fully saturated rings. The number of carboxylic acids is 1. The summed E-state index contributed by atoms with van der Waals surface area (Å²) in [6.07, 6.45) is 0.729. The molecule has 0 saturated heterocycles. The lowest BCUT2D eigenvalue weighted by Gasteiger charge is -2.51. The number of nitrogens with zero attached hydrogens (tertiary/aromatic N) is 1. The van der Waals surface area contributed by atoms with Crippen LogP contribution in [0.4, 0.5) is 10.1 Å². The van der Waals surface area contributed by atoms with Crippen LogP contribution in [0.2, 0.25) is 0 Å². The molecule has 5 nitrogen and oxygen atoms in total. The van der Waals surface area contributed by atoms with Crippen molar-refractivity contribution in [3.05, 3.63) is 58.4 Å². The molecule has 26 heavy (non-hydrogen) atoms. The SMILES string of the molecule is CCc1c(C(=O)O)ccc(N2C(C)Cc3cc(C)ccc3S2(O)O)c1F. The summed E-state index contributed by atoms with van der Waals surface area (Å²) in [6.45, 7) is 5.40. The van der Waals surface area contributed by atoms with Crippen molar-refractivity contribution < 1.29 is 23.4 Å². The zero-order valence-corrected chi connectivity index (χ0v) is 15.7. The summed E-state index contributed by atoms with van der Waals surface area (Å²) < 4.78 is 38.3. The quantitative estimate of drug-likeness (QED) is 0.709. The maximum atomic E-state index is 15.1. The molecule has 0 spiro atoms. The first kappa shape index (κ1) is 18.7. The summed E-state index contributed by atoms with van der Waals surface area (Å²) in [5.74, 6) is -1.92. The van der Waals surface area contributed by atoms with Gasteiger partial charge in [-0.2, -0.15) is 0 Å². The first-order valence-corrected chi connectivity index (χ1v) is 9.90. The molecule has 1 unspecified atom stereocenters. The van der Waals surface area contributed by atoms with Crippen molar-refractivity contribution in [2.75, 3.05) is 4.31 Å². The Labute approximate surface area is 153 Å². The molecule has 1 aliphatic rings. The first-order chi connectivity index (χ1) is 12.2. The van der Waals surface area contributed by atoms with Crippen molar-refractivity contribution in [1.82, 2.24) is 0 Å². The molecule has 0 radical (unpaired) electrons. The van der Waals surface area contributed by atoms with E-state index in [-0.39, 0.29) is 29.3 Å². The van der Waals surface area contributed by atoms with E-state index >= 15 is 4.39 Å². The minimum absolute atomic E-state index is 0.0191. The van der Waals surface area contributed by atoms with E-state index < -0.39 is 22.6 Å². The van der Waals surface area contributed by atoms with E-state index in [4.69, 9.17) is 0 Å². The Hall–Kier alpha value is -2.09. The van der Waals surface area contributed by atoms with Crippen molar-refractivity contribution in [2.45, 2.75) is 44.6 Å². The van der Waals surface area contributed by atoms with Crippen molar-refractivity contribution in [2.24, 2.45) is 0 Å². The normalized spacial score (nSPS) is 19.8. The third kappa shape index (κ3) is 2.86. The van der Waals surface area contributed by atoms with Crippen LogP contribution in [0.15, 0.2) is 35.2 Å². The lowest BCUT2D eigenvalue weighted by molar-refractivity contribution is 0.0695. The molecule has 2 aromatic carbocycles. The average molecular weight is 379 g/mol. The number of aromatic carboxylic acids is 1. The topological polar surface area (TPSA) is 81.0 Å². The average Bonchev–Trinajstić information content (AvgIpc) is 2.54. The first-order valence-electron chi connectivity index (χ1n) is 8.40. The van der Waals surface area contributed by atoms with Crippen LogP contribution in [0, 0.1) is 12.7 Å². The van der Waals surface area contributed by atoms with Gasteiger partial charge in [-0.15, -0.1) is 0 Å². The summed E-state index contributed by atoms with van der Waals surface area (Å²) in [4.78, 5) is 11.7. The zero-order chi connectivity index (χ0) is 19.2. The monoisotopic (exact) mass is 379 g/mol. The highest BCUT2D eigenvalue weighted by Crippen LogP contribution is 2.59. The third-order valence-corrected chi connectivity index (χ3v) is 6.84. The molecule has 0 aliphatic carbocycles. The van der Waals surface area contributed by atoms with E-state index in [0.29, 0.717) is 11.3 Å². The van der Waals surface area contributed by atoms with Crippen LogP contribution in [0.25, 0.3) is 0 Å². The van der Waals surface area contributed by atoms with Crippen LogP contribution in [-0.4, -0.2) is 26.2 Å². The lowest BCUT2D eigenvalue weighted by atomic mass is 10.0. The van der Waals surface area contributed by atoms with Crippen molar-refractivity contribution in [3.63, 3.8) is 0 Å². The fraction of sp³-hybridized carbons (Fsp3) is 0.316. The molecule has 3 rings (SSSR count). The van der Waals surface area contributed by atoms with E-state index in [0.717, 1.165) is 11.1 Å². The van der Waals surface area contributed by atoms with Crippen LogP contribution in [0.5, 0.6) is 0 Å². The highest BCUT2D eigenvalue weighted by Gasteiger charge is 2.38. The molecule has 3 N–H and O–H groups in total. The van der Waals surface area contributed by atoms with Gasteiger partial charge < -0.3 is 5.11 Å². The highest BCUT2D eigenvalue weighted by molar-refractivity contribution is 8.25. The van der Waals surface area contributed by atoms with E-state index in [9.17, 15) is 19.0 Å². The molecule has 2 aromatic rings. The van der Waals surface area contributed by atoms with Crippen molar-refractivity contribution >= 4 is 22.4 Å². The number of benzene rings is 2. The number of carboxylic acid groups (broad SMARTS) is 1. The van der Waals surface area contributed by atoms with Crippen molar-refractivity contribution in [1.29, 1.82) is 0 Å². The van der Waals surface area contributed by atoms with Gasteiger partial charge in [0.2, 0.25) is 0 Å². The van der Waals surface area contributed by atoms with Crippen LogP contribution in [0.3, 0.4) is 0 Å². The number of rotatable bonds is 3. The summed E-state index contributed by atoms with van der Waals surface area (Å²) in [5, 5.41) is 9.26.